The Hall–Kier alpha value is -3.24. The number of halogens is 2. The van der Waals surface area contributed by atoms with Crippen LogP contribution in [0.25, 0.3) is 0 Å². The highest BCUT2D eigenvalue weighted by Gasteiger charge is 2.14. The van der Waals surface area contributed by atoms with Gasteiger partial charge < -0.3 is 21.3 Å². The van der Waals surface area contributed by atoms with E-state index in [4.69, 9.17) is 17.3 Å². The minimum absolute atomic E-state index is 0.0186. The summed E-state index contributed by atoms with van der Waals surface area (Å²) in [6, 6.07) is 4.40. The first-order valence-corrected chi connectivity index (χ1v) is 9.49. The maximum atomic E-state index is 14.0. The molecule has 3 aromatic rings. The maximum absolute atomic E-state index is 14.0. The fourth-order valence-electron chi connectivity index (χ4n) is 2.61. The third kappa shape index (κ3) is 5.43. The van der Waals surface area contributed by atoms with Crippen molar-refractivity contribution in [3.05, 3.63) is 58.8 Å². The van der Waals surface area contributed by atoms with Crippen LogP contribution in [0, 0.1) is 5.82 Å². The molecule has 0 atom stereocenters. The Kier molecular flexibility index (Phi) is 6.80. The molecule has 11 heteroatoms. The number of amides is 1. The van der Waals surface area contributed by atoms with Gasteiger partial charge in [-0.05, 0) is 26.2 Å². The molecule has 30 heavy (non-hydrogen) atoms. The Morgan fingerprint density at radius 3 is 2.83 bits per heavy atom. The van der Waals surface area contributed by atoms with Gasteiger partial charge in [0.15, 0.2) is 0 Å². The molecule has 0 spiro atoms. The number of nitrogens with one attached hydrogen (secondary N) is 2. The predicted octanol–water partition coefficient (Wildman–Crippen LogP) is 2.48. The van der Waals surface area contributed by atoms with Gasteiger partial charge >= 0.3 is 0 Å². The van der Waals surface area contributed by atoms with E-state index < -0.39 is 11.7 Å². The number of hydrogen-bond donors (Lipinski definition) is 3. The van der Waals surface area contributed by atoms with E-state index in [1.54, 1.807) is 16.9 Å². The number of benzene rings is 1. The van der Waals surface area contributed by atoms with Crippen LogP contribution in [0.4, 0.5) is 21.8 Å². The molecule has 0 fully saturated rings. The number of nitrogens with two attached hydrogens (primary N) is 1. The summed E-state index contributed by atoms with van der Waals surface area (Å²) < 4.78 is 15.8. The second-order valence-electron chi connectivity index (χ2n) is 6.79. The summed E-state index contributed by atoms with van der Waals surface area (Å²) >= 11 is 6.06. The third-order valence-electron chi connectivity index (χ3n) is 4.21. The number of likely N-dealkylation sites (N-methyl/N-ethyl adjacent to an activating group) is 1. The van der Waals surface area contributed by atoms with E-state index in [0.717, 1.165) is 13.1 Å². The zero-order valence-electron chi connectivity index (χ0n) is 16.6. The van der Waals surface area contributed by atoms with Gasteiger partial charge in [0.05, 0.1) is 24.0 Å². The van der Waals surface area contributed by atoms with Crippen LogP contribution < -0.4 is 16.4 Å². The summed E-state index contributed by atoms with van der Waals surface area (Å²) in [5.74, 6) is -0.776. The average Bonchev–Trinajstić information content (AvgIpc) is 3.13. The molecule has 0 aliphatic rings. The zero-order valence-corrected chi connectivity index (χ0v) is 17.3. The molecule has 0 radical (unpaired) electrons. The fraction of sp³-hybridized carbons (Fsp3) is 0.263. The molecule has 9 nitrogen and oxygen atoms in total. The van der Waals surface area contributed by atoms with Crippen molar-refractivity contribution in [1.29, 1.82) is 0 Å². The highest BCUT2D eigenvalue weighted by Crippen LogP contribution is 2.22. The largest absolute Gasteiger partial charge is 0.365 e. The molecule has 4 N–H and O–H groups in total. The number of carbonyl (C=O) groups is 1. The highest BCUT2D eigenvalue weighted by molar-refractivity contribution is 6.31. The summed E-state index contributed by atoms with van der Waals surface area (Å²) in [5.41, 5.74) is 6.43. The van der Waals surface area contributed by atoms with E-state index in [-0.39, 0.29) is 34.5 Å². The summed E-state index contributed by atoms with van der Waals surface area (Å²) in [6.07, 6.45) is 4.77. The van der Waals surface area contributed by atoms with Crippen molar-refractivity contribution in [1.82, 2.24) is 24.6 Å². The van der Waals surface area contributed by atoms with Crippen LogP contribution in [0.2, 0.25) is 5.02 Å². The van der Waals surface area contributed by atoms with E-state index in [9.17, 15) is 9.18 Å². The van der Waals surface area contributed by atoms with E-state index in [0.29, 0.717) is 5.69 Å². The Labute approximate surface area is 178 Å². The normalized spacial score (nSPS) is 11.0. The first-order chi connectivity index (χ1) is 14.3. The average molecular weight is 433 g/mol. The van der Waals surface area contributed by atoms with E-state index in [1.165, 1.54) is 18.3 Å². The van der Waals surface area contributed by atoms with Gasteiger partial charge in [-0.1, -0.05) is 17.7 Å². The van der Waals surface area contributed by atoms with Crippen LogP contribution in [-0.2, 0) is 13.1 Å². The lowest BCUT2D eigenvalue weighted by Crippen LogP contribution is -2.18. The molecule has 158 valence electrons. The summed E-state index contributed by atoms with van der Waals surface area (Å²) in [5, 5.41) is 10.5. The lowest BCUT2D eigenvalue weighted by atomic mass is 10.2. The highest BCUT2D eigenvalue weighted by atomic mass is 35.5. The molecular weight excluding hydrogens is 411 g/mol. The molecule has 1 aromatic carbocycles. The molecule has 2 heterocycles. The number of carbonyl (C=O) groups excluding carboxylic acids is 1. The maximum Gasteiger partial charge on any atom is 0.254 e. The fourth-order valence-corrected chi connectivity index (χ4v) is 2.84. The number of primary amides is 1. The minimum Gasteiger partial charge on any atom is -0.365 e. The van der Waals surface area contributed by atoms with Crippen molar-refractivity contribution in [3.63, 3.8) is 0 Å². The van der Waals surface area contributed by atoms with Crippen LogP contribution in [-0.4, -0.2) is 51.2 Å². The SMILES string of the molecule is CN(C)CCn1cc(Nc2ncc(C(N)=O)c(NCc3c(F)cccc3Cl)n2)cn1. The van der Waals surface area contributed by atoms with Gasteiger partial charge in [-0.15, -0.1) is 0 Å². The zero-order chi connectivity index (χ0) is 21.7. The first-order valence-electron chi connectivity index (χ1n) is 9.11. The van der Waals surface area contributed by atoms with Crippen molar-refractivity contribution in [2.45, 2.75) is 13.1 Å². The Bertz CT molecular complexity index is 1020. The summed E-state index contributed by atoms with van der Waals surface area (Å²) in [6.45, 7) is 1.59. The minimum atomic E-state index is -0.708. The van der Waals surface area contributed by atoms with Crippen LogP contribution >= 0.6 is 11.6 Å². The van der Waals surface area contributed by atoms with Crippen LogP contribution in [0.1, 0.15) is 15.9 Å². The van der Waals surface area contributed by atoms with Gasteiger partial charge in [-0.3, -0.25) is 9.48 Å². The lowest BCUT2D eigenvalue weighted by molar-refractivity contribution is 0.100. The number of hydrogen-bond acceptors (Lipinski definition) is 7. The molecule has 0 unspecified atom stereocenters. The smallest absolute Gasteiger partial charge is 0.254 e. The van der Waals surface area contributed by atoms with Crippen molar-refractivity contribution in [2.75, 3.05) is 31.3 Å². The van der Waals surface area contributed by atoms with Crippen LogP contribution in [0.15, 0.2) is 36.8 Å². The topological polar surface area (TPSA) is 114 Å². The van der Waals surface area contributed by atoms with Crippen molar-refractivity contribution < 1.29 is 9.18 Å². The van der Waals surface area contributed by atoms with Gasteiger partial charge in [0.1, 0.15) is 11.6 Å². The Morgan fingerprint density at radius 2 is 2.13 bits per heavy atom. The van der Waals surface area contributed by atoms with E-state index >= 15 is 0 Å². The molecule has 0 aliphatic heterocycles. The molecule has 0 saturated carbocycles. The van der Waals surface area contributed by atoms with Gasteiger partial charge in [0, 0.05) is 36.1 Å². The number of anilines is 3. The Balaban J connectivity index is 1.77. The predicted molar refractivity (Wildman–Crippen MR) is 113 cm³/mol. The number of nitrogens with zero attached hydrogens (tertiary/aromatic N) is 5. The number of rotatable bonds is 9. The quantitative estimate of drug-likeness (QED) is 0.476. The van der Waals surface area contributed by atoms with Crippen molar-refractivity contribution in [2.24, 2.45) is 5.73 Å². The van der Waals surface area contributed by atoms with Gasteiger partial charge in [0.25, 0.3) is 5.91 Å². The molecule has 1 amide bonds. The van der Waals surface area contributed by atoms with Gasteiger partial charge in [-0.25, -0.2) is 9.37 Å². The summed E-state index contributed by atoms with van der Waals surface area (Å²) in [7, 11) is 3.97. The molecule has 0 saturated heterocycles. The second-order valence-corrected chi connectivity index (χ2v) is 7.20. The van der Waals surface area contributed by atoms with E-state index in [1.807, 2.05) is 20.3 Å². The van der Waals surface area contributed by atoms with Crippen LogP contribution in [0.3, 0.4) is 0 Å². The van der Waals surface area contributed by atoms with Gasteiger partial charge in [-0.2, -0.15) is 10.1 Å². The standard InChI is InChI=1S/C19H22ClFN8O/c1-28(2)6-7-29-11-12(8-25-29)26-19-24-10-14(17(22)30)18(27-19)23-9-13-15(20)4-3-5-16(13)21/h3-5,8,10-11H,6-7,9H2,1-2H3,(H2,22,30)(H2,23,24,26,27). The monoisotopic (exact) mass is 432 g/mol. The first kappa shape index (κ1) is 21.5. The van der Waals surface area contributed by atoms with E-state index in [2.05, 4.69) is 30.6 Å². The third-order valence-corrected chi connectivity index (χ3v) is 4.57. The molecule has 0 aliphatic carbocycles. The van der Waals surface area contributed by atoms with Crippen molar-refractivity contribution >= 4 is 35.0 Å². The molecule has 0 bridgehead atoms. The van der Waals surface area contributed by atoms with Gasteiger partial charge in [0.2, 0.25) is 5.95 Å². The number of aromatic nitrogens is 4. The second kappa shape index (κ2) is 9.51. The summed E-state index contributed by atoms with van der Waals surface area (Å²) in [4.78, 5) is 22.2. The van der Waals surface area contributed by atoms with Crippen molar-refractivity contribution in [3.8, 4) is 0 Å². The molecule has 3 rings (SSSR count). The lowest BCUT2D eigenvalue weighted by Gasteiger charge is -2.12. The molecule has 2 aromatic heterocycles. The van der Waals surface area contributed by atoms with Crippen LogP contribution in [0.5, 0.6) is 0 Å². The molecular formula is C19H22ClFN8O. The Morgan fingerprint density at radius 1 is 1.33 bits per heavy atom.